The lowest BCUT2D eigenvalue weighted by Gasteiger charge is -2.32. The van der Waals surface area contributed by atoms with E-state index >= 15 is 0 Å². The summed E-state index contributed by atoms with van der Waals surface area (Å²) in [4.78, 5) is 35.9. The maximum Gasteiger partial charge on any atom is 0.493 e. The van der Waals surface area contributed by atoms with Crippen molar-refractivity contribution in [3.05, 3.63) is 34.6 Å². The Morgan fingerprint density at radius 3 is 2.73 bits per heavy atom. The summed E-state index contributed by atoms with van der Waals surface area (Å²) in [7, 11) is 0. The van der Waals surface area contributed by atoms with Crippen LogP contribution in [0.1, 0.15) is 18.7 Å². The van der Waals surface area contributed by atoms with E-state index in [9.17, 15) is 27.9 Å². The van der Waals surface area contributed by atoms with Gasteiger partial charge in [0.1, 0.15) is 0 Å². The molecule has 11 heteroatoms. The minimum Gasteiger partial charge on any atom is -0.389 e. The van der Waals surface area contributed by atoms with Crippen LogP contribution in [0.25, 0.3) is 10.9 Å². The molecule has 0 radical (unpaired) electrons. The van der Waals surface area contributed by atoms with Gasteiger partial charge in [-0.05, 0) is 32.0 Å². The maximum absolute atomic E-state index is 12.6. The Hall–Kier alpha value is -2.53. The van der Waals surface area contributed by atoms with Crippen molar-refractivity contribution in [1.29, 1.82) is 0 Å². The smallest absolute Gasteiger partial charge is 0.389 e. The number of piperidine rings is 1. The molecule has 1 fully saturated rings. The number of nitrogens with zero attached hydrogens (tertiary/aromatic N) is 3. The molecular weight excluding hydrogens is 357 g/mol. The van der Waals surface area contributed by atoms with Crippen molar-refractivity contribution < 1.29 is 27.9 Å². The van der Waals surface area contributed by atoms with Gasteiger partial charge >= 0.3 is 12.1 Å². The summed E-state index contributed by atoms with van der Waals surface area (Å²) in [6.07, 6.45) is -2.39. The number of carbonyl (C=O) groups is 1. The van der Waals surface area contributed by atoms with Crippen molar-refractivity contribution in [2.75, 3.05) is 13.1 Å². The largest absolute Gasteiger partial charge is 0.493 e. The van der Waals surface area contributed by atoms with Crippen LogP contribution in [-0.2, 0) is 11.2 Å². The normalized spacial score (nSPS) is 17.2. The zero-order valence-corrected chi connectivity index (χ0v) is 13.4. The van der Waals surface area contributed by atoms with Gasteiger partial charge in [-0.15, -0.1) is 4.73 Å². The molecule has 2 aromatic rings. The van der Waals surface area contributed by atoms with Gasteiger partial charge in [0.05, 0.1) is 22.7 Å². The van der Waals surface area contributed by atoms with E-state index in [4.69, 9.17) is 0 Å². The Kier molecular flexibility index (Phi) is 4.67. The van der Waals surface area contributed by atoms with E-state index in [1.165, 1.54) is 18.5 Å². The lowest BCUT2D eigenvalue weighted by atomic mass is 9.89. The van der Waals surface area contributed by atoms with E-state index in [0.717, 1.165) is 0 Å². The second-order valence-electron chi connectivity index (χ2n) is 6.05. The van der Waals surface area contributed by atoms with Crippen LogP contribution in [0.4, 0.5) is 13.2 Å². The minimum absolute atomic E-state index is 0.0592. The van der Waals surface area contributed by atoms with Gasteiger partial charge in [0.2, 0.25) is 0 Å². The predicted octanol–water partition coefficient (Wildman–Crippen LogP) is -0.0340. The quantitative estimate of drug-likeness (QED) is 0.779. The molecule has 3 heterocycles. The Balaban J connectivity index is 2.08. The van der Waals surface area contributed by atoms with Gasteiger partial charge in [-0.3, -0.25) is 9.78 Å². The zero-order valence-electron chi connectivity index (χ0n) is 13.4. The van der Waals surface area contributed by atoms with Crippen LogP contribution in [0, 0.1) is 0 Å². The molecule has 1 aliphatic rings. The highest BCUT2D eigenvalue weighted by atomic mass is 19.4. The predicted molar refractivity (Wildman–Crippen MR) is 82.2 cm³/mol. The van der Waals surface area contributed by atoms with Gasteiger partial charge in [0, 0.05) is 12.6 Å². The highest BCUT2D eigenvalue weighted by Crippen LogP contribution is 2.23. The molecule has 2 N–H and O–H groups in total. The van der Waals surface area contributed by atoms with Crippen molar-refractivity contribution in [3.63, 3.8) is 0 Å². The molecule has 0 aromatic carbocycles. The fraction of sp³-hybridized carbons (Fsp3) is 0.467. The van der Waals surface area contributed by atoms with Gasteiger partial charge in [0.15, 0.2) is 5.82 Å². The third-order valence-corrected chi connectivity index (χ3v) is 4.13. The lowest BCUT2D eigenvalue weighted by Crippen LogP contribution is -2.46. The topological polar surface area (TPSA) is 106 Å². The third kappa shape index (κ3) is 3.68. The minimum atomic E-state index is -5.28. The highest BCUT2D eigenvalue weighted by molar-refractivity contribution is 5.78. The number of fused-ring (bicyclic) bond motifs is 1. The van der Waals surface area contributed by atoms with Crippen LogP contribution in [0.15, 0.2) is 23.3 Å². The molecule has 140 valence electrons. The first-order valence-electron chi connectivity index (χ1n) is 7.78. The van der Waals surface area contributed by atoms with Crippen molar-refractivity contribution in [1.82, 2.24) is 20.0 Å². The second kappa shape index (κ2) is 6.65. The first kappa shape index (κ1) is 18.3. The Labute approximate surface area is 144 Å². The number of hydrogen-bond donors (Lipinski definition) is 2. The van der Waals surface area contributed by atoms with Crippen LogP contribution in [0.2, 0.25) is 0 Å². The Morgan fingerprint density at radius 2 is 2.08 bits per heavy atom. The van der Waals surface area contributed by atoms with Crippen molar-refractivity contribution >= 4 is 16.9 Å². The first-order valence-corrected chi connectivity index (χ1v) is 7.78. The molecule has 0 saturated carbocycles. The summed E-state index contributed by atoms with van der Waals surface area (Å²) in [6.45, 7) is 0.996. The maximum atomic E-state index is 12.6. The van der Waals surface area contributed by atoms with Gasteiger partial charge in [-0.25, -0.2) is 9.78 Å². The first-order chi connectivity index (χ1) is 12.2. The molecule has 2 aromatic heterocycles. The summed E-state index contributed by atoms with van der Waals surface area (Å²) in [5, 5.41) is 13.6. The standard InChI is InChI=1S/C15H15F3N4O4/c16-15(17,18)13(24)26-22-11(7-14(25)2-5-19-6-3-14)21-10-8-20-4-1-9(10)12(22)23/h1,4,8,19,25H,2-3,5-7H2. The van der Waals surface area contributed by atoms with E-state index in [1.54, 1.807) is 0 Å². The molecule has 0 aliphatic carbocycles. The summed E-state index contributed by atoms with van der Waals surface area (Å²) in [6, 6.07) is 1.26. The number of pyridine rings is 1. The number of alkyl halides is 3. The fourth-order valence-electron chi connectivity index (χ4n) is 2.77. The molecule has 0 amide bonds. The van der Waals surface area contributed by atoms with Crippen molar-refractivity contribution in [2.24, 2.45) is 0 Å². The molecule has 8 nitrogen and oxygen atoms in total. The van der Waals surface area contributed by atoms with Crippen LogP contribution in [0.3, 0.4) is 0 Å². The van der Waals surface area contributed by atoms with Gasteiger partial charge in [-0.1, -0.05) is 0 Å². The molecule has 3 rings (SSSR count). The van der Waals surface area contributed by atoms with Gasteiger partial charge in [0.25, 0.3) is 5.56 Å². The highest BCUT2D eigenvalue weighted by Gasteiger charge is 2.43. The third-order valence-electron chi connectivity index (χ3n) is 4.13. The number of aliphatic hydroxyl groups is 1. The second-order valence-corrected chi connectivity index (χ2v) is 6.05. The average Bonchev–Trinajstić information content (AvgIpc) is 2.57. The summed E-state index contributed by atoms with van der Waals surface area (Å²) in [5.74, 6) is -2.83. The van der Waals surface area contributed by atoms with Crippen LogP contribution in [-0.4, -0.2) is 50.6 Å². The zero-order chi connectivity index (χ0) is 18.9. The van der Waals surface area contributed by atoms with E-state index in [0.29, 0.717) is 25.9 Å². The fourth-order valence-corrected chi connectivity index (χ4v) is 2.77. The van der Waals surface area contributed by atoms with Crippen LogP contribution >= 0.6 is 0 Å². The number of rotatable bonds is 3. The summed E-state index contributed by atoms with van der Waals surface area (Å²) >= 11 is 0. The number of carbonyl (C=O) groups excluding carboxylic acids is 1. The molecule has 1 aliphatic heterocycles. The number of nitrogens with one attached hydrogen (secondary N) is 1. The molecular formula is C15H15F3N4O4. The molecule has 0 atom stereocenters. The SMILES string of the molecule is O=C(On1c(CC2(O)CCNCC2)nc2cnccc2c1=O)C(F)(F)F. The summed E-state index contributed by atoms with van der Waals surface area (Å²) in [5.41, 5.74) is -2.14. The number of halogens is 3. The van der Waals surface area contributed by atoms with Crippen LogP contribution < -0.4 is 15.7 Å². The molecule has 0 unspecified atom stereocenters. The van der Waals surface area contributed by atoms with E-state index in [1.807, 2.05) is 0 Å². The van der Waals surface area contributed by atoms with Gasteiger partial charge in [-0.2, -0.15) is 13.2 Å². The average molecular weight is 372 g/mol. The number of hydrogen-bond acceptors (Lipinski definition) is 7. The van der Waals surface area contributed by atoms with Crippen molar-refractivity contribution in [3.8, 4) is 0 Å². The van der Waals surface area contributed by atoms with Crippen LogP contribution in [0.5, 0.6) is 0 Å². The molecule has 0 bridgehead atoms. The number of aromatic nitrogens is 3. The molecule has 1 saturated heterocycles. The Bertz CT molecular complexity index is 891. The lowest BCUT2D eigenvalue weighted by molar-refractivity contribution is -0.200. The molecule has 26 heavy (non-hydrogen) atoms. The van der Waals surface area contributed by atoms with E-state index < -0.39 is 23.3 Å². The van der Waals surface area contributed by atoms with Crippen molar-refractivity contribution in [2.45, 2.75) is 31.0 Å². The van der Waals surface area contributed by atoms with E-state index in [2.05, 4.69) is 20.1 Å². The molecule has 0 spiro atoms. The van der Waals surface area contributed by atoms with E-state index in [-0.39, 0.29) is 27.9 Å². The Morgan fingerprint density at radius 1 is 1.38 bits per heavy atom. The van der Waals surface area contributed by atoms with Gasteiger partial charge < -0.3 is 15.3 Å². The summed E-state index contributed by atoms with van der Waals surface area (Å²) < 4.78 is 37.9. The monoisotopic (exact) mass is 372 g/mol.